The topological polar surface area (TPSA) is 220 Å². The van der Waals surface area contributed by atoms with E-state index < -0.39 is 54.3 Å². The van der Waals surface area contributed by atoms with Crippen LogP contribution in [0, 0.1) is 0 Å². The smallest absolute Gasteiger partial charge is 0.326 e. The summed E-state index contributed by atoms with van der Waals surface area (Å²) < 4.78 is 0. The van der Waals surface area contributed by atoms with Gasteiger partial charge in [0.05, 0.1) is 12.6 Å². The number of nitrogens with one attached hydrogen (secondary N) is 3. The molecule has 0 spiro atoms. The van der Waals surface area contributed by atoms with Gasteiger partial charge in [0, 0.05) is 12.8 Å². The molecule has 12 heteroatoms. The number of carbonyl (C=O) groups excluding carboxylic acids is 4. The second kappa shape index (κ2) is 15.3. The van der Waals surface area contributed by atoms with Crippen molar-refractivity contribution in [1.82, 2.24) is 16.0 Å². The summed E-state index contributed by atoms with van der Waals surface area (Å²) in [7, 11) is 0. The monoisotopic (exact) mass is 478 g/mol. The number of hydrogen-bond donors (Lipinski definition) is 7. The van der Waals surface area contributed by atoms with Crippen LogP contribution < -0.4 is 33.2 Å². The van der Waals surface area contributed by atoms with Crippen LogP contribution >= 0.6 is 0 Å². The van der Waals surface area contributed by atoms with Gasteiger partial charge in [0.25, 0.3) is 0 Å². The third-order valence-corrected chi connectivity index (χ3v) is 4.96. The fraction of sp³-hybridized carbons (Fsp3) is 0.500. The Morgan fingerprint density at radius 1 is 0.912 bits per heavy atom. The first-order chi connectivity index (χ1) is 16.1. The number of aliphatic carboxylic acids is 1. The summed E-state index contributed by atoms with van der Waals surface area (Å²) in [6.07, 6.45) is 1.44. The molecular formula is C22H34N6O6. The Labute approximate surface area is 198 Å². The molecule has 34 heavy (non-hydrogen) atoms. The number of amides is 4. The summed E-state index contributed by atoms with van der Waals surface area (Å²) in [5, 5.41) is 16.7. The van der Waals surface area contributed by atoms with Gasteiger partial charge in [0.2, 0.25) is 23.6 Å². The second-order valence-electron chi connectivity index (χ2n) is 7.82. The van der Waals surface area contributed by atoms with E-state index in [-0.39, 0.29) is 25.7 Å². The molecule has 0 aliphatic carbocycles. The molecule has 188 valence electrons. The fourth-order valence-electron chi connectivity index (χ4n) is 3.06. The van der Waals surface area contributed by atoms with Gasteiger partial charge in [-0.05, 0) is 37.8 Å². The maximum absolute atomic E-state index is 12.6. The molecule has 0 aromatic heterocycles. The molecule has 3 unspecified atom stereocenters. The quantitative estimate of drug-likeness (QED) is 0.133. The van der Waals surface area contributed by atoms with Gasteiger partial charge in [-0.3, -0.25) is 19.2 Å². The van der Waals surface area contributed by atoms with Crippen LogP contribution in [0.25, 0.3) is 0 Å². The molecule has 0 bridgehead atoms. The third kappa shape index (κ3) is 11.4. The number of unbranched alkanes of at least 4 members (excludes halogenated alkanes) is 1. The number of benzene rings is 1. The number of primary amides is 1. The standard InChI is InChI=1S/C22H34N6O6/c23-11-5-4-8-16(28-20(31)15(24)9-10-18(25)29)21(32)26-13-19(30)27-17(22(33)34)12-14-6-2-1-3-7-14/h1-3,6-7,15-17H,4-5,8-13,23-24H2,(H2,25,29)(H,26,32)(H,27,30)(H,28,31)(H,33,34). The van der Waals surface area contributed by atoms with E-state index >= 15 is 0 Å². The zero-order chi connectivity index (χ0) is 25.5. The van der Waals surface area contributed by atoms with E-state index in [0.717, 1.165) is 5.56 Å². The Balaban J connectivity index is 2.66. The van der Waals surface area contributed by atoms with E-state index in [4.69, 9.17) is 17.2 Å². The molecule has 4 amide bonds. The van der Waals surface area contributed by atoms with Crippen molar-refractivity contribution in [3.05, 3.63) is 35.9 Å². The normalized spacial score (nSPS) is 13.2. The number of carbonyl (C=O) groups is 5. The van der Waals surface area contributed by atoms with E-state index in [0.29, 0.717) is 19.4 Å². The first-order valence-electron chi connectivity index (χ1n) is 11.0. The van der Waals surface area contributed by atoms with Crippen molar-refractivity contribution < 1.29 is 29.1 Å². The van der Waals surface area contributed by atoms with E-state index in [9.17, 15) is 29.1 Å². The highest BCUT2D eigenvalue weighted by Gasteiger charge is 2.25. The lowest BCUT2D eigenvalue weighted by atomic mass is 10.1. The van der Waals surface area contributed by atoms with Crippen LogP contribution in [0.5, 0.6) is 0 Å². The van der Waals surface area contributed by atoms with Crippen LogP contribution in [0.1, 0.15) is 37.7 Å². The van der Waals surface area contributed by atoms with Crippen molar-refractivity contribution in [3.8, 4) is 0 Å². The molecule has 0 saturated carbocycles. The molecule has 0 heterocycles. The molecule has 12 nitrogen and oxygen atoms in total. The molecule has 0 aliphatic rings. The summed E-state index contributed by atoms with van der Waals surface area (Å²) in [5.41, 5.74) is 17.0. The van der Waals surface area contributed by atoms with Gasteiger partial charge in [-0.2, -0.15) is 0 Å². The van der Waals surface area contributed by atoms with Gasteiger partial charge in [0.15, 0.2) is 0 Å². The summed E-state index contributed by atoms with van der Waals surface area (Å²) in [5.74, 6) is -3.76. The molecule has 0 radical (unpaired) electrons. The highest BCUT2D eigenvalue weighted by molar-refractivity contribution is 5.92. The Bertz CT molecular complexity index is 834. The van der Waals surface area contributed by atoms with Crippen molar-refractivity contribution in [1.29, 1.82) is 0 Å². The maximum atomic E-state index is 12.6. The largest absolute Gasteiger partial charge is 0.480 e. The highest BCUT2D eigenvalue weighted by atomic mass is 16.4. The summed E-state index contributed by atoms with van der Waals surface area (Å²) in [6.45, 7) is -0.0742. The van der Waals surface area contributed by atoms with Crippen LogP contribution in [0.15, 0.2) is 30.3 Å². The third-order valence-electron chi connectivity index (χ3n) is 4.96. The average Bonchev–Trinajstić information content (AvgIpc) is 2.80. The van der Waals surface area contributed by atoms with Crippen LogP contribution in [0.2, 0.25) is 0 Å². The first kappa shape index (κ1) is 28.5. The number of nitrogens with two attached hydrogens (primary N) is 3. The Morgan fingerprint density at radius 2 is 1.59 bits per heavy atom. The highest BCUT2D eigenvalue weighted by Crippen LogP contribution is 2.05. The predicted octanol–water partition coefficient (Wildman–Crippen LogP) is -1.88. The maximum Gasteiger partial charge on any atom is 0.326 e. The second-order valence-corrected chi connectivity index (χ2v) is 7.82. The van der Waals surface area contributed by atoms with Gasteiger partial charge in [-0.15, -0.1) is 0 Å². The van der Waals surface area contributed by atoms with Crippen molar-refractivity contribution in [2.45, 2.75) is 56.7 Å². The van der Waals surface area contributed by atoms with Crippen molar-refractivity contribution >= 4 is 29.6 Å². The average molecular weight is 479 g/mol. The zero-order valence-electron chi connectivity index (χ0n) is 19.0. The molecule has 10 N–H and O–H groups in total. The van der Waals surface area contributed by atoms with E-state index in [1.54, 1.807) is 30.3 Å². The lowest BCUT2D eigenvalue weighted by Gasteiger charge is -2.21. The lowest BCUT2D eigenvalue weighted by molar-refractivity contribution is -0.141. The Hall–Kier alpha value is -3.51. The minimum absolute atomic E-state index is 0.0265. The molecular weight excluding hydrogens is 444 g/mol. The lowest BCUT2D eigenvalue weighted by Crippen LogP contribution is -2.53. The van der Waals surface area contributed by atoms with Gasteiger partial charge in [-0.25, -0.2) is 4.79 Å². The van der Waals surface area contributed by atoms with Gasteiger partial charge in [0.1, 0.15) is 12.1 Å². The molecule has 0 saturated heterocycles. The minimum atomic E-state index is -1.21. The summed E-state index contributed by atoms with van der Waals surface area (Å²) in [6, 6.07) is 5.61. The SMILES string of the molecule is NCCCCC(NC(=O)C(N)CCC(N)=O)C(=O)NCC(=O)NC(Cc1ccccc1)C(=O)O. The number of rotatable bonds is 16. The van der Waals surface area contributed by atoms with Crippen LogP contribution in [0.4, 0.5) is 0 Å². The van der Waals surface area contributed by atoms with Crippen molar-refractivity contribution in [3.63, 3.8) is 0 Å². The molecule has 0 aliphatic heterocycles. The number of hydrogen-bond acceptors (Lipinski definition) is 7. The van der Waals surface area contributed by atoms with E-state index in [1.807, 2.05) is 0 Å². The molecule has 0 fully saturated rings. The molecule has 1 aromatic carbocycles. The first-order valence-corrected chi connectivity index (χ1v) is 11.0. The van der Waals surface area contributed by atoms with E-state index in [2.05, 4.69) is 16.0 Å². The van der Waals surface area contributed by atoms with Gasteiger partial charge >= 0.3 is 5.97 Å². The zero-order valence-corrected chi connectivity index (χ0v) is 19.0. The summed E-state index contributed by atoms with van der Waals surface area (Å²) in [4.78, 5) is 59.6. The van der Waals surface area contributed by atoms with Crippen LogP contribution in [0.3, 0.4) is 0 Å². The minimum Gasteiger partial charge on any atom is -0.480 e. The van der Waals surface area contributed by atoms with Crippen LogP contribution in [-0.4, -0.2) is 65.9 Å². The van der Waals surface area contributed by atoms with Crippen LogP contribution in [-0.2, 0) is 30.4 Å². The molecule has 1 aromatic rings. The molecule has 3 atom stereocenters. The number of carboxylic acid groups (broad SMARTS) is 1. The van der Waals surface area contributed by atoms with Gasteiger partial charge in [-0.1, -0.05) is 30.3 Å². The van der Waals surface area contributed by atoms with Crippen molar-refractivity contribution in [2.75, 3.05) is 13.1 Å². The number of carboxylic acids is 1. The van der Waals surface area contributed by atoms with Gasteiger partial charge < -0.3 is 38.3 Å². The van der Waals surface area contributed by atoms with Crippen molar-refractivity contribution in [2.24, 2.45) is 17.2 Å². The Morgan fingerprint density at radius 3 is 2.18 bits per heavy atom. The summed E-state index contributed by atoms with van der Waals surface area (Å²) >= 11 is 0. The Kier molecular flexibility index (Phi) is 12.9. The van der Waals surface area contributed by atoms with E-state index in [1.165, 1.54) is 0 Å². The fourth-order valence-corrected chi connectivity index (χ4v) is 3.06. The predicted molar refractivity (Wildman–Crippen MR) is 124 cm³/mol. The molecule has 1 rings (SSSR count).